The highest BCUT2D eigenvalue weighted by atomic mass is 32.1. The number of aliphatic hydroxyl groups excluding tert-OH is 1. The number of fused-ring (bicyclic) bond motifs is 1. The normalized spacial score (nSPS) is 22.5. The molecule has 2 aromatic rings. The highest BCUT2D eigenvalue weighted by Crippen LogP contribution is 2.31. The molecule has 1 aromatic carbocycles. The Bertz CT molecular complexity index is 652. The van der Waals surface area contributed by atoms with Crippen molar-refractivity contribution >= 4 is 27.4 Å². The zero-order chi connectivity index (χ0) is 14.8. The Morgan fingerprint density at radius 2 is 2.05 bits per heavy atom. The van der Waals surface area contributed by atoms with Crippen LogP contribution in [-0.2, 0) is 6.54 Å². The van der Waals surface area contributed by atoms with E-state index in [1.165, 1.54) is 11.3 Å². The predicted molar refractivity (Wildman–Crippen MR) is 83.9 cm³/mol. The van der Waals surface area contributed by atoms with Gasteiger partial charge in [-0.2, -0.15) is 0 Å². The first kappa shape index (κ1) is 14.5. The van der Waals surface area contributed by atoms with Crippen molar-refractivity contribution in [3.63, 3.8) is 0 Å². The van der Waals surface area contributed by atoms with E-state index in [2.05, 4.69) is 5.32 Å². The smallest absolute Gasteiger partial charge is 0.346 e. The standard InChI is InChI=1S/C16H19NO3S/c18-13-7-3-2-6-12(13)17-9-11-10-5-1-4-8-14(10)21-15(11)16(19)20/h1,4-5,8,12-13,17-18H,2-3,6-7,9H2,(H,19,20). The maximum atomic E-state index is 11.4. The Labute approximate surface area is 127 Å². The Kier molecular flexibility index (Phi) is 4.24. The Morgan fingerprint density at radius 3 is 2.81 bits per heavy atom. The van der Waals surface area contributed by atoms with E-state index in [0.717, 1.165) is 41.3 Å². The Balaban J connectivity index is 1.85. The first-order chi connectivity index (χ1) is 10.2. The van der Waals surface area contributed by atoms with Crippen LogP contribution in [0.5, 0.6) is 0 Å². The average molecular weight is 305 g/mol. The largest absolute Gasteiger partial charge is 0.477 e. The van der Waals surface area contributed by atoms with Crippen LogP contribution in [0, 0.1) is 0 Å². The summed E-state index contributed by atoms with van der Waals surface area (Å²) in [6.07, 6.45) is 3.64. The van der Waals surface area contributed by atoms with Gasteiger partial charge in [-0.15, -0.1) is 11.3 Å². The molecule has 1 aromatic heterocycles. The van der Waals surface area contributed by atoms with Crippen LogP contribution in [0.1, 0.15) is 40.9 Å². The van der Waals surface area contributed by atoms with Gasteiger partial charge in [0.1, 0.15) is 4.88 Å². The third-order valence-corrected chi connectivity index (χ3v) is 5.36. The summed E-state index contributed by atoms with van der Waals surface area (Å²) in [5.74, 6) is -0.878. The van der Waals surface area contributed by atoms with Crippen LogP contribution in [0.3, 0.4) is 0 Å². The molecule has 0 radical (unpaired) electrons. The quantitative estimate of drug-likeness (QED) is 0.812. The molecular weight excluding hydrogens is 286 g/mol. The number of nitrogens with one attached hydrogen (secondary N) is 1. The molecule has 21 heavy (non-hydrogen) atoms. The minimum atomic E-state index is -0.878. The third-order valence-electron chi connectivity index (χ3n) is 4.16. The molecule has 0 amide bonds. The first-order valence-corrected chi connectivity index (χ1v) is 8.13. The molecule has 2 unspecified atom stereocenters. The van der Waals surface area contributed by atoms with E-state index in [9.17, 15) is 15.0 Å². The second-order valence-corrected chi connectivity index (χ2v) is 6.60. The van der Waals surface area contributed by atoms with E-state index in [1.54, 1.807) is 0 Å². The topological polar surface area (TPSA) is 69.6 Å². The van der Waals surface area contributed by atoms with Crippen molar-refractivity contribution in [1.29, 1.82) is 0 Å². The molecule has 3 rings (SSSR count). The van der Waals surface area contributed by atoms with E-state index in [4.69, 9.17) is 0 Å². The molecule has 0 bridgehead atoms. The summed E-state index contributed by atoms with van der Waals surface area (Å²) in [5.41, 5.74) is 0.834. The van der Waals surface area contributed by atoms with Gasteiger partial charge in [0.2, 0.25) is 0 Å². The molecule has 0 saturated heterocycles. The number of aliphatic hydroxyl groups is 1. The lowest BCUT2D eigenvalue weighted by molar-refractivity contribution is 0.0700. The van der Waals surface area contributed by atoms with Crippen molar-refractivity contribution in [1.82, 2.24) is 5.32 Å². The SMILES string of the molecule is O=C(O)c1sc2ccccc2c1CNC1CCCCC1O. The molecule has 1 fully saturated rings. The molecule has 0 aliphatic heterocycles. The van der Waals surface area contributed by atoms with E-state index < -0.39 is 5.97 Å². The van der Waals surface area contributed by atoms with Gasteiger partial charge in [-0.25, -0.2) is 4.79 Å². The highest BCUT2D eigenvalue weighted by molar-refractivity contribution is 7.21. The van der Waals surface area contributed by atoms with Gasteiger partial charge in [0.15, 0.2) is 0 Å². The van der Waals surface area contributed by atoms with E-state index in [-0.39, 0.29) is 12.1 Å². The monoisotopic (exact) mass is 305 g/mol. The molecule has 4 nitrogen and oxygen atoms in total. The van der Waals surface area contributed by atoms with Crippen molar-refractivity contribution < 1.29 is 15.0 Å². The Hall–Kier alpha value is -1.43. The van der Waals surface area contributed by atoms with Gasteiger partial charge in [-0.05, 0) is 29.9 Å². The minimum absolute atomic E-state index is 0.0686. The predicted octanol–water partition coefficient (Wildman–Crippen LogP) is 2.99. The number of hydrogen-bond donors (Lipinski definition) is 3. The van der Waals surface area contributed by atoms with Gasteiger partial charge >= 0.3 is 5.97 Å². The number of carbonyl (C=O) groups is 1. The minimum Gasteiger partial charge on any atom is -0.477 e. The van der Waals surface area contributed by atoms with Crippen molar-refractivity contribution in [3.05, 3.63) is 34.7 Å². The van der Waals surface area contributed by atoms with Gasteiger partial charge in [0, 0.05) is 17.3 Å². The lowest BCUT2D eigenvalue weighted by Gasteiger charge is -2.28. The summed E-state index contributed by atoms with van der Waals surface area (Å²) in [6.45, 7) is 0.493. The van der Waals surface area contributed by atoms with Crippen LogP contribution in [-0.4, -0.2) is 28.3 Å². The second-order valence-electron chi connectivity index (χ2n) is 5.55. The molecule has 1 saturated carbocycles. The van der Waals surface area contributed by atoms with Crippen LogP contribution < -0.4 is 5.32 Å². The molecule has 0 spiro atoms. The molecule has 5 heteroatoms. The van der Waals surface area contributed by atoms with Crippen LogP contribution in [0.4, 0.5) is 0 Å². The first-order valence-electron chi connectivity index (χ1n) is 7.32. The van der Waals surface area contributed by atoms with Gasteiger partial charge in [-0.1, -0.05) is 31.0 Å². The zero-order valence-corrected chi connectivity index (χ0v) is 12.5. The average Bonchev–Trinajstić information content (AvgIpc) is 2.85. The van der Waals surface area contributed by atoms with Crippen molar-refractivity contribution in [2.24, 2.45) is 0 Å². The molecule has 2 atom stereocenters. The summed E-state index contributed by atoms with van der Waals surface area (Å²) < 4.78 is 0.996. The fraction of sp³-hybridized carbons (Fsp3) is 0.438. The molecule has 112 valence electrons. The van der Waals surface area contributed by atoms with Crippen molar-refractivity contribution in [3.8, 4) is 0 Å². The van der Waals surface area contributed by atoms with Crippen LogP contribution in [0.15, 0.2) is 24.3 Å². The van der Waals surface area contributed by atoms with Gasteiger partial charge in [0.25, 0.3) is 0 Å². The maximum Gasteiger partial charge on any atom is 0.346 e. The van der Waals surface area contributed by atoms with E-state index in [0.29, 0.717) is 11.4 Å². The molecule has 1 aliphatic rings. The summed E-state index contributed by atoms with van der Waals surface area (Å²) in [7, 11) is 0. The fourth-order valence-electron chi connectivity index (χ4n) is 3.03. The molecule has 1 heterocycles. The number of rotatable bonds is 4. The molecular formula is C16H19NO3S. The molecule has 3 N–H and O–H groups in total. The second kappa shape index (κ2) is 6.13. The number of aromatic carboxylic acids is 1. The van der Waals surface area contributed by atoms with Gasteiger partial charge in [-0.3, -0.25) is 0 Å². The Morgan fingerprint density at radius 1 is 1.29 bits per heavy atom. The van der Waals surface area contributed by atoms with Gasteiger partial charge in [0.05, 0.1) is 6.10 Å². The number of carboxylic acid groups (broad SMARTS) is 1. The number of hydrogen-bond acceptors (Lipinski definition) is 4. The summed E-state index contributed by atoms with van der Waals surface area (Å²) in [5, 5.41) is 23.8. The summed E-state index contributed by atoms with van der Waals surface area (Å²) in [4.78, 5) is 11.8. The van der Waals surface area contributed by atoms with Crippen molar-refractivity contribution in [2.75, 3.05) is 0 Å². The number of thiophene rings is 1. The highest BCUT2D eigenvalue weighted by Gasteiger charge is 2.24. The van der Waals surface area contributed by atoms with E-state index >= 15 is 0 Å². The van der Waals surface area contributed by atoms with Crippen LogP contribution >= 0.6 is 11.3 Å². The number of benzene rings is 1. The maximum absolute atomic E-state index is 11.4. The summed E-state index contributed by atoms with van der Waals surface area (Å²) in [6, 6.07) is 7.84. The van der Waals surface area contributed by atoms with Crippen LogP contribution in [0.25, 0.3) is 10.1 Å². The van der Waals surface area contributed by atoms with Crippen molar-refractivity contribution in [2.45, 2.75) is 44.4 Å². The van der Waals surface area contributed by atoms with Gasteiger partial charge < -0.3 is 15.5 Å². The van der Waals surface area contributed by atoms with Crippen LogP contribution in [0.2, 0.25) is 0 Å². The number of carboxylic acids is 1. The summed E-state index contributed by atoms with van der Waals surface area (Å²) >= 11 is 1.32. The zero-order valence-electron chi connectivity index (χ0n) is 11.7. The third kappa shape index (κ3) is 2.95. The lowest BCUT2D eigenvalue weighted by atomic mass is 9.92. The molecule has 1 aliphatic carbocycles. The van der Waals surface area contributed by atoms with E-state index in [1.807, 2.05) is 24.3 Å². The fourth-order valence-corrected chi connectivity index (χ4v) is 4.09. The lowest BCUT2D eigenvalue weighted by Crippen LogP contribution is -2.41.